The number of carbonyl (C=O) groups is 1. The van der Waals surface area contributed by atoms with Crippen LogP contribution in [0.1, 0.15) is 51.9 Å². The molecule has 2 rings (SSSR count). The standard InChI is InChI=1S/C19H29N3O4S2/c1-2-3-4-5-8-18(23)22-19(27)21-15-9-11-17(12-10-15)28(24,25)20-14-16-7-6-13-26-16/h9-12,16,20H,2-8,13-14H2,1H3,(H2,21,22,23,27). The fourth-order valence-electron chi connectivity index (χ4n) is 2.87. The fraction of sp³-hybridized carbons (Fsp3) is 0.579. The number of benzene rings is 1. The van der Waals surface area contributed by atoms with Crippen LogP contribution in [0.15, 0.2) is 29.2 Å². The minimum absolute atomic E-state index is 0.0568. The van der Waals surface area contributed by atoms with E-state index in [4.69, 9.17) is 17.0 Å². The van der Waals surface area contributed by atoms with Crippen molar-refractivity contribution in [3.63, 3.8) is 0 Å². The molecule has 1 saturated heterocycles. The number of nitrogens with one attached hydrogen (secondary N) is 3. The second-order valence-electron chi connectivity index (χ2n) is 6.82. The first kappa shape index (κ1) is 22.7. The van der Waals surface area contributed by atoms with E-state index in [1.807, 2.05) is 0 Å². The molecule has 7 nitrogen and oxygen atoms in total. The quantitative estimate of drug-likeness (QED) is 0.392. The first-order chi connectivity index (χ1) is 13.4. The van der Waals surface area contributed by atoms with Crippen molar-refractivity contribution in [1.82, 2.24) is 10.0 Å². The second-order valence-corrected chi connectivity index (χ2v) is 9.00. The normalized spacial score (nSPS) is 16.7. The Morgan fingerprint density at radius 1 is 1.21 bits per heavy atom. The van der Waals surface area contributed by atoms with Gasteiger partial charge in [0, 0.05) is 25.3 Å². The Hall–Kier alpha value is -1.55. The van der Waals surface area contributed by atoms with E-state index in [-0.39, 0.29) is 28.6 Å². The lowest BCUT2D eigenvalue weighted by molar-refractivity contribution is -0.119. The molecule has 1 unspecified atom stereocenters. The van der Waals surface area contributed by atoms with Crippen LogP contribution in [0, 0.1) is 0 Å². The third-order valence-electron chi connectivity index (χ3n) is 4.46. The minimum atomic E-state index is -3.59. The third-order valence-corrected chi connectivity index (χ3v) is 6.10. The highest BCUT2D eigenvalue weighted by Crippen LogP contribution is 2.16. The monoisotopic (exact) mass is 427 g/mol. The van der Waals surface area contributed by atoms with Gasteiger partial charge in [-0.1, -0.05) is 26.2 Å². The molecule has 1 fully saturated rings. The van der Waals surface area contributed by atoms with Gasteiger partial charge in [-0.2, -0.15) is 0 Å². The van der Waals surface area contributed by atoms with Crippen LogP contribution in [-0.4, -0.2) is 38.7 Å². The zero-order chi connectivity index (χ0) is 20.4. The summed E-state index contributed by atoms with van der Waals surface area (Å²) in [4.78, 5) is 12.0. The molecule has 1 aliphatic heterocycles. The minimum Gasteiger partial charge on any atom is -0.377 e. The molecule has 1 heterocycles. The Kier molecular flexibility index (Phi) is 9.30. The number of ether oxygens (including phenoxy) is 1. The maximum absolute atomic E-state index is 12.3. The molecule has 0 aromatic heterocycles. The maximum atomic E-state index is 12.3. The first-order valence-electron chi connectivity index (χ1n) is 9.73. The smallest absolute Gasteiger partial charge is 0.240 e. The second kappa shape index (κ2) is 11.5. The number of anilines is 1. The molecule has 3 N–H and O–H groups in total. The highest BCUT2D eigenvalue weighted by atomic mass is 32.2. The Bertz CT molecular complexity index is 745. The molecule has 0 saturated carbocycles. The average Bonchev–Trinajstić information content (AvgIpc) is 3.18. The van der Waals surface area contributed by atoms with Crippen molar-refractivity contribution in [2.75, 3.05) is 18.5 Å². The Morgan fingerprint density at radius 2 is 1.96 bits per heavy atom. The predicted octanol–water partition coefficient (Wildman–Crippen LogP) is 2.93. The summed E-state index contributed by atoms with van der Waals surface area (Å²) in [6, 6.07) is 6.21. The fourth-order valence-corrected chi connectivity index (χ4v) is 4.17. The van der Waals surface area contributed by atoms with Crippen LogP contribution in [0.2, 0.25) is 0 Å². The largest absolute Gasteiger partial charge is 0.377 e. The van der Waals surface area contributed by atoms with E-state index in [0.717, 1.165) is 38.5 Å². The molecule has 1 atom stereocenters. The summed E-state index contributed by atoms with van der Waals surface area (Å²) in [5.41, 5.74) is 0.606. The van der Waals surface area contributed by atoms with Crippen molar-refractivity contribution in [2.24, 2.45) is 0 Å². The molecule has 0 spiro atoms. The van der Waals surface area contributed by atoms with E-state index in [2.05, 4.69) is 22.3 Å². The highest BCUT2D eigenvalue weighted by Gasteiger charge is 2.20. The van der Waals surface area contributed by atoms with Crippen LogP contribution in [-0.2, 0) is 19.6 Å². The van der Waals surface area contributed by atoms with Crippen molar-refractivity contribution < 1.29 is 17.9 Å². The number of unbranched alkanes of at least 4 members (excludes halogenated alkanes) is 3. The summed E-state index contributed by atoms with van der Waals surface area (Å²) >= 11 is 5.14. The van der Waals surface area contributed by atoms with Crippen LogP contribution in [0.25, 0.3) is 0 Å². The Balaban J connectivity index is 1.79. The molecule has 1 aromatic carbocycles. The van der Waals surface area contributed by atoms with Gasteiger partial charge in [-0.15, -0.1) is 0 Å². The molecule has 156 valence electrons. The molecular weight excluding hydrogens is 398 g/mol. The zero-order valence-corrected chi connectivity index (χ0v) is 17.8. The molecule has 0 aliphatic carbocycles. The topological polar surface area (TPSA) is 96.5 Å². The van der Waals surface area contributed by atoms with Gasteiger partial charge in [0.2, 0.25) is 15.9 Å². The van der Waals surface area contributed by atoms with Gasteiger partial charge in [0.15, 0.2) is 5.11 Å². The van der Waals surface area contributed by atoms with Gasteiger partial charge in [0.05, 0.1) is 11.0 Å². The molecule has 0 bridgehead atoms. The van der Waals surface area contributed by atoms with E-state index >= 15 is 0 Å². The predicted molar refractivity (Wildman–Crippen MR) is 114 cm³/mol. The lowest BCUT2D eigenvalue weighted by Gasteiger charge is -2.12. The lowest BCUT2D eigenvalue weighted by Crippen LogP contribution is -2.34. The molecule has 9 heteroatoms. The maximum Gasteiger partial charge on any atom is 0.240 e. The highest BCUT2D eigenvalue weighted by molar-refractivity contribution is 7.89. The summed E-state index contributed by atoms with van der Waals surface area (Å²) in [7, 11) is -3.59. The Morgan fingerprint density at radius 3 is 2.61 bits per heavy atom. The number of rotatable bonds is 10. The van der Waals surface area contributed by atoms with Crippen LogP contribution in [0.5, 0.6) is 0 Å². The van der Waals surface area contributed by atoms with Gasteiger partial charge < -0.3 is 15.4 Å². The van der Waals surface area contributed by atoms with Crippen LogP contribution < -0.4 is 15.4 Å². The van der Waals surface area contributed by atoms with E-state index < -0.39 is 10.0 Å². The molecule has 0 radical (unpaired) electrons. The molecule has 28 heavy (non-hydrogen) atoms. The average molecular weight is 428 g/mol. The van der Waals surface area contributed by atoms with E-state index in [0.29, 0.717) is 18.7 Å². The molecule has 1 aromatic rings. The third kappa shape index (κ3) is 7.83. The SMILES string of the molecule is CCCCCCC(=O)NC(=S)Nc1ccc(S(=O)(=O)NCC2CCCO2)cc1. The number of thiocarbonyl (C=S) groups is 1. The van der Waals surface area contributed by atoms with E-state index in [1.54, 1.807) is 12.1 Å². The van der Waals surface area contributed by atoms with Crippen molar-refractivity contribution in [3.8, 4) is 0 Å². The van der Waals surface area contributed by atoms with Crippen molar-refractivity contribution in [1.29, 1.82) is 0 Å². The van der Waals surface area contributed by atoms with Gasteiger partial charge in [0.25, 0.3) is 0 Å². The van der Waals surface area contributed by atoms with Crippen LogP contribution in [0.4, 0.5) is 5.69 Å². The molecule has 1 amide bonds. The number of hydrogen-bond donors (Lipinski definition) is 3. The first-order valence-corrected chi connectivity index (χ1v) is 11.6. The number of amides is 1. The molecule has 1 aliphatic rings. The number of hydrogen-bond acceptors (Lipinski definition) is 5. The summed E-state index contributed by atoms with van der Waals surface area (Å²) in [6.07, 6.45) is 6.32. The van der Waals surface area contributed by atoms with Crippen molar-refractivity contribution in [3.05, 3.63) is 24.3 Å². The number of sulfonamides is 1. The van der Waals surface area contributed by atoms with Gasteiger partial charge in [-0.25, -0.2) is 13.1 Å². The lowest BCUT2D eigenvalue weighted by atomic mass is 10.1. The van der Waals surface area contributed by atoms with E-state index in [1.165, 1.54) is 12.1 Å². The van der Waals surface area contributed by atoms with Crippen molar-refractivity contribution >= 4 is 38.9 Å². The van der Waals surface area contributed by atoms with Crippen LogP contribution in [0.3, 0.4) is 0 Å². The number of carbonyl (C=O) groups excluding carboxylic acids is 1. The van der Waals surface area contributed by atoms with Crippen LogP contribution >= 0.6 is 12.2 Å². The summed E-state index contributed by atoms with van der Waals surface area (Å²) < 4.78 is 32.7. The van der Waals surface area contributed by atoms with E-state index in [9.17, 15) is 13.2 Å². The van der Waals surface area contributed by atoms with Gasteiger partial charge in [0.1, 0.15) is 0 Å². The molecular formula is C19H29N3O4S2. The van der Waals surface area contributed by atoms with Crippen molar-refractivity contribution in [2.45, 2.75) is 62.9 Å². The zero-order valence-electron chi connectivity index (χ0n) is 16.2. The Labute approximate surface area is 172 Å². The summed E-state index contributed by atoms with van der Waals surface area (Å²) in [5, 5.41) is 5.73. The summed E-state index contributed by atoms with van der Waals surface area (Å²) in [5.74, 6) is -0.119. The van der Waals surface area contributed by atoms with Gasteiger partial charge in [-0.05, 0) is 55.7 Å². The van der Waals surface area contributed by atoms with Gasteiger partial charge >= 0.3 is 0 Å². The van der Waals surface area contributed by atoms with Gasteiger partial charge in [-0.3, -0.25) is 4.79 Å². The summed E-state index contributed by atoms with van der Waals surface area (Å²) in [6.45, 7) is 3.08.